The number of aliphatic carboxylic acids is 1. The SMILES string of the molecule is CC(=O)N(C)CC(=O)NC1CCCCCC1C(=O)O. The van der Waals surface area contributed by atoms with E-state index in [2.05, 4.69) is 5.32 Å². The maximum atomic E-state index is 11.8. The number of likely N-dealkylation sites (N-methyl/N-ethyl adjacent to an activating group) is 1. The van der Waals surface area contributed by atoms with Crippen LogP contribution in [0.3, 0.4) is 0 Å². The highest BCUT2D eigenvalue weighted by Crippen LogP contribution is 2.23. The molecule has 1 rings (SSSR count). The number of carbonyl (C=O) groups excluding carboxylic acids is 2. The van der Waals surface area contributed by atoms with Crippen LogP contribution in [0, 0.1) is 5.92 Å². The Morgan fingerprint density at radius 2 is 1.84 bits per heavy atom. The quantitative estimate of drug-likeness (QED) is 0.733. The van der Waals surface area contributed by atoms with E-state index in [1.54, 1.807) is 7.05 Å². The van der Waals surface area contributed by atoms with Crippen LogP contribution in [0.2, 0.25) is 0 Å². The van der Waals surface area contributed by atoms with E-state index in [-0.39, 0.29) is 24.4 Å². The number of amides is 2. The van der Waals surface area contributed by atoms with Crippen molar-refractivity contribution in [1.29, 1.82) is 0 Å². The number of carboxylic acid groups (broad SMARTS) is 1. The molecule has 2 N–H and O–H groups in total. The third-order valence-corrected chi connectivity index (χ3v) is 3.60. The van der Waals surface area contributed by atoms with Crippen LogP contribution in [0.5, 0.6) is 0 Å². The zero-order valence-electron chi connectivity index (χ0n) is 11.5. The van der Waals surface area contributed by atoms with Crippen molar-refractivity contribution in [2.45, 2.75) is 45.1 Å². The molecule has 6 nitrogen and oxygen atoms in total. The molecule has 2 amide bonds. The smallest absolute Gasteiger partial charge is 0.308 e. The van der Waals surface area contributed by atoms with Crippen molar-refractivity contribution in [1.82, 2.24) is 10.2 Å². The van der Waals surface area contributed by atoms with Gasteiger partial charge in [0.1, 0.15) is 0 Å². The minimum absolute atomic E-state index is 0.0296. The topological polar surface area (TPSA) is 86.7 Å². The monoisotopic (exact) mass is 270 g/mol. The molecule has 1 aliphatic rings. The van der Waals surface area contributed by atoms with Gasteiger partial charge in [-0.25, -0.2) is 0 Å². The molecule has 0 aromatic rings. The summed E-state index contributed by atoms with van der Waals surface area (Å²) in [5.74, 6) is -1.86. The van der Waals surface area contributed by atoms with Crippen molar-refractivity contribution in [2.75, 3.05) is 13.6 Å². The molecule has 108 valence electrons. The third kappa shape index (κ3) is 4.89. The van der Waals surface area contributed by atoms with Crippen molar-refractivity contribution < 1.29 is 19.5 Å². The second-order valence-electron chi connectivity index (χ2n) is 5.13. The van der Waals surface area contributed by atoms with Gasteiger partial charge in [0.25, 0.3) is 0 Å². The zero-order valence-corrected chi connectivity index (χ0v) is 11.5. The molecular weight excluding hydrogens is 248 g/mol. The molecule has 0 spiro atoms. The molecule has 0 aromatic heterocycles. The van der Waals surface area contributed by atoms with Crippen LogP contribution < -0.4 is 5.32 Å². The summed E-state index contributed by atoms with van der Waals surface area (Å²) in [6, 6.07) is -0.326. The lowest BCUT2D eigenvalue weighted by Gasteiger charge is -2.24. The molecule has 2 atom stereocenters. The lowest BCUT2D eigenvalue weighted by Crippen LogP contribution is -2.46. The van der Waals surface area contributed by atoms with Crippen molar-refractivity contribution in [3.8, 4) is 0 Å². The molecule has 1 saturated carbocycles. The number of rotatable bonds is 4. The average Bonchev–Trinajstić information content (AvgIpc) is 2.54. The number of hydrogen-bond donors (Lipinski definition) is 2. The van der Waals surface area contributed by atoms with Crippen molar-refractivity contribution in [2.24, 2.45) is 5.92 Å². The zero-order chi connectivity index (χ0) is 14.4. The molecule has 0 aliphatic heterocycles. The molecular formula is C13H22N2O4. The predicted octanol–water partition coefficient (Wildman–Crippen LogP) is 0.614. The highest BCUT2D eigenvalue weighted by atomic mass is 16.4. The molecule has 0 heterocycles. The van der Waals surface area contributed by atoms with Crippen LogP contribution in [-0.4, -0.2) is 47.4 Å². The van der Waals surface area contributed by atoms with E-state index in [1.807, 2.05) is 0 Å². The van der Waals surface area contributed by atoms with Gasteiger partial charge in [-0.15, -0.1) is 0 Å². The van der Waals surface area contributed by atoms with Gasteiger partial charge >= 0.3 is 5.97 Å². The van der Waals surface area contributed by atoms with Gasteiger partial charge in [0.15, 0.2) is 0 Å². The van der Waals surface area contributed by atoms with E-state index in [0.717, 1.165) is 19.3 Å². The molecule has 1 aliphatic carbocycles. The Hall–Kier alpha value is -1.59. The average molecular weight is 270 g/mol. The Balaban J connectivity index is 2.58. The summed E-state index contributed by atoms with van der Waals surface area (Å²) in [6.45, 7) is 1.36. The second kappa shape index (κ2) is 7.11. The Labute approximate surface area is 113 Å². The predicted molar refractivity (Wildman–Crippen MR) is 69.5 cm³/mol. The van der Waals surface area contributed by atoms with Gasteiger partial charge in [0.2, 0.25) is 11.8 Å². The largest absolute Gasteiger partial charge is 0.481 e. The van der Waals surface area contributed by atoms with Crippen molar-refractivity contribution in [3.05, 3.63) is 0 Å². The highest BCUT2D eigenvalue weighted by molar-refractivity contribution is 5.84. The summed E-state index contributed by atoms with van der Waals surface area (Å²) >= 11 is 0. The summed E-state index contributed by atoms with van der Waals surface area (Å²) in [7, 11) is 1.55. The number of hydrogen-bond acceptors (Lipinski definition) is 3. The Kier molecular flexibility index (Phi) is 5.79. The van der Waals surface area contributed by atoms with Crippen molar-refractivity contribution >= 4 is 17.8 Å². The van der Waals surface area contributed by atoms with Crippen LogP contribution >= 0.6 is 0 Å². The molecule has 19 heavy (non-hydrogen) atoms. The summed E-state index contributed by atoms with van der Waals surface area (Å²) < 4.78 is 0. The first kappa shape index (κ1) is 15.5. The lowest BCUT2D eigenvalue weighted by atomic mass is 9.95. The number of carbonyl (C=O) groups is 3. The molecule has 0 bridgehead atoms. The van der Waals surface area contributed by atoms with Crippen LogP contribution in [0.15, 0.2) is 0 Å². The number of nitrogens with one attached hydrogen (secondary N) is 1. The first-order valence-corrected chi connectivity index (χ1v) is 6.65. The van der Waals surface area contributed by atoms with E-state index < -0.39 is 11.9 Å². The van der Waals surface area contributed by atoms with Crippen LogP contribution in [0.1, 0.15) is 39.0 Å². The molecule has 0 aromatic carbocycles. The molecule has 1 fully saturated rings. The number of carboxylic acids is 1. The first-order chi connectivity index (χ1) is 8.91. The van der Waals surface area contributed by atoms with Gasteiger partial charge in [-0.05, 0) is 12.8 Å². The minimum Gasteiger partial charge on any atom is -0.481 e. The van der Waals surface area contributed by atoms with Crippen LogP contribution in [0.25, 0.3) is 0 Å². The Morgan fingerprint density at radius 3 is 2.42 bits per heavy atom. The van der Waals surface area contributed by atoms with E-state index >= 15 is 0 Å². The van der Waals surface area contributed by atoms with Crippen molar-refractivity contribution in [3.63, 3.8) is 0 Å². The van der Waals surface area contributed by atoms with Crippen LogP contribution in [-0.2, 0) is 14.4 Å². The molecule has 6 heteroatoms. The molecule has 0 radical (unpaired) electrons. The normalized spacial score (nSPS) is 23.3. The third-order valence-electron chi connectivity index (χ3n) is 3.60. The molecule has 2 unspecified atom stereocenters. The fourth-order valence-electron chi connectivity index (χ4n) is 2.36. The standard InChI is InChI=1S/C13H22N2O4/c1-9(16)15(2)8-12(17)14-11-7-5-3-4-6-10(11)13(18)19/h10-11H,3-8H2,1-2H3,(H,14,17)(H,18,19). The summed E-state index contributed by atoms with van der Waals surface area (Å²) in [5.41, 5.74) is 0. The molecule has 0 saturated heterocycles. The minimum atomic E-state index is -0.855. The number of nitrogens with zero attached hydrogens (tertiary/aromatic N) is 1. The Bertz CT molecular complexity index is 357. The summed E-state index contributed by atoms with van der Waals surface area (Å²) in [5, 5.41) is 12.0. The maximum absolute atomic E-state index is 11.8. The first-order valence-electron chi connectivity index (χ1n) is 6.65. The summed E-state index contributed by atoms with van der Waals surface area (Å²) in [4.78, 5) is 35.4. The van der Waals surface area contributed by atoms with Gasteiger partial charge in [-0.3, -0.25) is 14.4 Å². The maximum Gasteiger partial charge on any atom is 0.308 e. The van der Waals surface area contributed by atoms with E-state index in [1.165, 1.54) is 11.8 Å². The summed E-state index contributed by atoms with van der Waals surface area (Å²) in [6.07, 6.45) is 4.10. The second-order valence-corrected chi connectivity index (χ2v) is 5.13. The van der Waals surface area contributed by atoms with E-state index in [9.17, 15) is 19.5 Å². The van der Waals surface area contributed by atoms with Crippen LogP contribution in [0.4, 0.5) is 0 Å². The highest BCUT2D eigenvalue weighted by Gasteiger charge is 2.30. The van der Waals surface area contributed by atoms with Gasteiger partial charge < -0.3 is 15.3 Å². The lowest BCUT2D eigenvalue weighted by molar-refractivity contribution is -0.143. The Morgan fingerprint density at radius 1 is 1.21 bits per heavy atom. The van der Waals surface area contributed by atoms with E-state index in [0.29, 0.717) is 12.8 Å². The van der Waals surface area contributed by atoms with Gasteiger partial charge in [-0.1, -0.05) is 19.3 Å². The van der Waals surface area contributed by atoms with Gasteiger partial charge in [0, 0.05) is 20.0 Å². The fraction of sp³-hybridized carbons (Fsp3) is 0.769. The van der Waals surface area contributed by atoms with E-state index in [4.69, 9.17) is 0 Å². The fourth-order valence-corrected chi connectivity index (χ4v) is 2.36. The van der Waals surface area contributed by atoms with Gasteiger partial charge in [0.05, 0.1) is 12.5 Å². The van der Waals surface area contributed by atoms with Gasteiger partial charge in [-0.2, -0.15) is 0 Å².